The maximum atomic E-state index is 12.6. The van der Waals surface area contributed by atoms with Crippen LogP contribution in [0.2, 0.25) is 0 Å². The van der Waals surface area contributed by atoms with E-state index in [9.17, 15) is 24.2 Å². The molecule has 0 saturated heterocycles. The van der Waals surface area contributed by atoms with E-state index in [4.69, 9.17) is 19.1 Å². The first-order valence-corrected chi connectivity index (χ1v) is 21.8. The number of carbonyl (C=O) groups excluding carboxylic acids is 2. The number of ether oxygens (including phenoxy) is 2. The number of hydrogen-bond donors (Lipinski definition) is 3. The molecule has 0 aromatic rings. The smallest absolute Gasteiger partial charge is 0.462 e. The van der Waals surface area contributed by atoms with E-state index in [1.807, 2.05) is 0 Å². The van der Waals surface area contributed by atoms with E-state index in [-0.39, 0.29) is 19.4 Å². The monoisotopic (exact) mass is 754 g/mol. The Labute approximate surface area is 309 Å². The minimum Gasteiger partial charge on any atom is -0.462 e. The molecule has 0 spiro atoms. The van der Waals surface area contributed by atoms with Crippen molar-refractivity contribution in [2.75, 3.05) is 26.4 Å². The normalized spacial score (nSPS) is 13.9. The highest BCUT2D eigenvalue weighted by Crippen LogP contribution is 2.43. The zero-order valence-electron chi connectivity index (χ0n) is 32.2. The van der Waals surface area contributed by atoms with Gasteiger partial charge >= 0.3 is 19.8 Å². The molecule has 13 heteroatoms. The van der Waals surface area contributed by atoms with Crippen LogP contribution in [0.5, 0.6) is 0 Å². The molecule has 3 N–H and O–H groups in total. The third kappa shape index (κ3) is 37.0. The molecule has 3 unspecified atom stereocenters. The molecule has 12 nitrogen and oxygen atoms in total. The van der Waals surface area contributed by atoms with Gasteiger partial charge < -0.3 is 24.6 Å². The summed E-state index contributed by atoms with van der Waals surface area (Å²) < 4.78 is 32.0. The average molecular weight is 755 g/mol. The van der Waals surface area contributed by atoms with E-state index in [0.717, 1.165) is 38.5 Å². The van der Waals surface area contributed by atoms with Crippen LogP contribution in [0, 0.1) is 0 Å². The van der Waals surface area contributed by atoms with Gasteiger partial charge in [-0.2, -0.15) is 0 Å². The summed E-state index contributed by atoms with van der Waals surface area (Å²) in [4.78, 5) is 39.2. The summed E-state index contributed by atoms with van der Waals surface area (Å²) in [6.07, 6.45) is 28.9. The van der Waals surface area contributed by atoms with Gasteiger partial charge in [-0.3, -0.25) is 14.1 Å². The number of aliphatic hydroxyl groups excluding tert-OH is 2. The molecule has 0 radical (unpaired) electrons. The summed E-state index contributed by atoms with van der Waals surface area (Å²) in [6.45, 7) is 2.39. The third-order valence-electron chi connectivity index (χ3n) is 8.76. The van der Waals surface area contributed by atoms with Crippen LogP contribution in [-0.4, -0.2) is 65.7 Å². The Balaban J connectivity index is 4.38. The van der Waals surface area contributed by atoms with Crippen molar-refractivity contribution in [2.45, 2.75) is 206 Å². The molecule has 0 saturated carbocycles. The SMILES string of the molecule is CCCCCCCCCCCCCCCC(=O)OCC(COP(=O)(O)OOOCC(O)CO)OC(=O)CCCCCCCCCCCCCCC. The quantitative estimate of drug-likeness (QED) is 0.0178. The van der Waals surface area contributed by atoms with Crippen molar-refractivity contribution in [1.82, 2.24) is 0 Å². The van der Waals surface area contributed by atoms with Crippen molar-refractivity contribution in [2.24, 2.45) is 0 Å². The molecule has 304 valence electrons. The van der Waals surface area contributed by atoms with Crippen molar-refractivity contribution in [3.8, 4) is 0 Å². The molecular weight excluding hydrogens is 679 g/mol. The summed E-state index contributed by atoms with van der Waals surface area (Å²) in [5.74, 6) is -0.969. The Morgan fingerprint density at radius 2 is 0.961 bits per heavy atom. The second kappa shape index (κ2) is 37.2. The summed E-state index contributed by atoms with van der Waals surface area (Å²) in [6, 6.07) is 0. The van der Waals surface area contributed by atoms with E-state index < -0.39 is 51.8 Å². The lowest BCUT2D eigenvalue weighted by atomic mass is 10.0. The molecule has 51 heavy (non-hydrogen) atoms. The zero-order valence-corrected chi connectivity index (χ0v) is 33.1. The minimum atomic E-state index is -4.82. The van der Waals surface area contributed by atoms with E-state index >= 15 is 0 Å². The van der Waals surface area contributed by atoms with Crippen LogP contribution in [0.1, 0.15) is 194 Å². The van der Waals surface area contributed by atoms with Gasteiger partial charge in [-0.05, 0) is 12.8 Å². The Morgan fingerprint density at radius 3 is 1.37 bits per heavy atom. The molecule has 0 aromatic carbocycles. The summed E-state index contributed by atoms with van der Waals surface area (Å²) in [5.41, 5.74) is 0. The zero-order chi connectivity index (χ0) is 37.7. The molecule has 0 aliphatic carbocycles. The summed E-state index contributed by atoms with van der Waals surface area (Å²) >= 11 is 0. The number of hydrogen-bond acceptors (Lipinski definition) is 11. The number of phosphoric acid groups is 1. The van der Waals surface area contributed by atoms with Crippen LogP contribution < -0.4 is 0 Å². The van der Waals surface area contributed by atoms with Crippen molar-refractivity contribution in [3.63, 3.8) is 0 Å². The number of unbranched alkanes of at least 4 members (excludes halogenated alkanes) is 24. The predicted octanol–water partition coefficient (Wildman–Crippen LogP) is 9.75. The Kier molecular flexibility index (Phi) is 36.4. The summed E-state index contributed by atoms with van der Waals surface area (Å²) in [7, 11) is -4.82. The van der Waals surface area contributed by atoms with Gasteiger partial charge in [-0.1, -0.05) is 178 Å². The van der Waals surface area contributed by atoms with Gasteiger partial charge in [0.2, 0.25) is 0 Å². The van der Waals surface area contributed by atoms with Gasteiger partial charge in [-0.25, -0.2) is 9.45 Å². The molecule has 0 rings (SSSR count). The van der Waals surface area contributed by atoms with Crippen molar-refractivity contribution in [3.05, 3.63) is 0 Å². The molecule has 0 fully saturated rings. The molecule has 0 bridgehead atoms. The standard InChI is InChI=1S/C38H75O12P/c1-3-5-7-9-11-13-15-17-19-21-23-25-27-29-37(41)45-33-36(34-47-51(43,44)50-49-46-32-35(40)31-39)48-38(42)30-28-26-24-22-20-18-16-14-12-10-8-6-4-2/h35-36,39-40H,3-34H2,1-2H3,(H,43,44). The molecule has 0 heterocycles. The topological polar surface area (TPSA) is 167 Å². The highest BCUT2D eigenvalue weighted by Gasteiger charge is 2.28. The molecule has 0 aromatic heterocycles. The second-order valence-electron chi connectivity index (χ2n) is 13.8. The Hall–Kier alpha value is -1.11. The lowest BCUT2D eigenvalue weighted by Gasteiger charge is -2.19. The fourth-order valence-electron chi connectivity index (χ4n) is 5.61. The highest BCUT2D eigenvalue weighted by atomic mass is 31.2. The number of rotatable bonds is 40. The first kappa shape index (κ1) is 49.9. The van der Waals surface area contributed by atoms with Gasteiger partial charge in [0.25, 0.3) is 0 Å². The van der Waals surface area contributed by atoms with Gasteiger partial charge in [0.1, 0.15) is 19.3 Å². The van der Waals surface area contributed by atoms with Crippen LogP contribution in [0.3, 0.4) is 0 Å². The highest BCUT2D eigenvalue weighted by molar-refractivity contribution is 7.47. The number of esters is 2. The maximum Gasteiger partial charge on any atom is 0.501 e. The van der Waals surface area contributed by atoms with Crippen LogP contribution >= 0.6 is 7.82 Å². The minimum absolute atomic E-state index is 0.165. The average Bonchev–Trinajstić information content (AvgIpc) is 3.11. The van der Waals surface area contributed by atoms with Crippen LogP contribution in [-0.2, 0) is 42.8 Å². The second-order valence-corrected chi connectivity index (χ2v) is 15.2. The van der Waals surface area contributed by atoms with Crippen LogP contribution in [0.4, 0.5) is 0 Å². The van der Waals surface area contributed by atoms with Crippen LogP contribution in [0.25, 0.3) is 0 Å². The fraction of sp³-hybridized carbons (Fsp3) is 0.947. The van der Waals surface area contributed by atoms with Gasteiger partial charge in [0.05, 0.1) is 13.2 Å². The lowest BCUT2D eigenvalue weighted by Crippen LogP contribution is -2.29. The van der Waals surface area contributed by atoms with Crippen molar-refractivity contribution >= 4 is 19.8 Å². The van der Waals surface area contributed by atoms with Crippen LogP contribution in [0.15, 0.2) is 0 Å². The molecule has 3 atom stereocenters. The van der Waals surface area contributed by atoms with Gasteiger partial charge in [0.15, 0.2) is 6.10 Å². The number of phosphoric ester groups is 1. The first-order valence-electron chi connectivity index (χ1n) is 20.3. The van der Waals surface area contributed by atoms with Crippen molar-refractivity contribution < 1.29 is 57.9 Å². The molecular formula is C38H75O12P. The van der Waals surface area contributed by atoms with E-state index in [1.54, 1.807) is 0 Å². The molecule has 0 amide bonds. The number of carbonyl (C=O) groups is 2. The van der Waals surface area contributed by atoms with Crippen molar-refractivity contribution in [1.29, 1.82) is 0 Å². The van der Waals surface area contributed by atoms with Gasteiger partial charge in [0, 0.05) is 12.8 Å². The Bertz CT molecular complexity index is 831. The largest absolute Gasteiger partial charge is 0.501 e. The molecule has 0 aliphatic heterocycles. The van der Waals surface area contributed by atoms with E-state index in [1.165, 1.54) is 116 Å². The molecule has 0 aliphatic rings. The maximum absolute atomic E-state index is 12.6. The predicted molar refractivity (Wildman–Crippen MR) is 198 cm³/mol. The first-order chi connectivity index (χ1) is 24.7. The van der Waals surface area contributed by atoms with Gasteiger partial charge in [-0.15, -0.1) is 0 Å². The fourth-order valence-corrected chi connectivity index (χ4v) is 6.13. The third-order valence-corrected chi connectivity index (χ3v) is 9.49. The lowest BCUT2D eigenvalue weighted by molar-refractivity contribution is -0.476. The van der Waals surface area contributed by atoms with E-state index in [2.05, 4.69) is 28.4 Å². The Morgan fingerprint density at radius 1 is 0.569 bits per heavy atom. The summed E-state index contributed by atoms with van der Waals surface area (Å²) in [5, 5.41) is 22.1. The van der Waals surface area contributed by atoms with E-state index in [0.29, 0.717) is 12.8 Å². The number of aliphatic hydroxyl groups is 2.